The highest BCUT2D eigenvalue weighted by atomic mass is 32.2. The summed E-state index contributed by atoms with van der Waals surface area (Å²) in [4.78, 5) is 2.80. The van der Waals surface area contributed by atoms with Crippen molar-refractivity contribution in [3.8, 4) is 17.6 Å². The smallest absolute Gasteiger partial charge is 0.181 e. The Bertz CT molecular complexity index is 1460. The van der Waals surface area contributed by atoms with Crippen LogP contribution < -0.4 is 4.74 Å². The van der Waals surface area contributed by atoms with Gasteiger partial charge in [-0.2, -0.15) is 0 Å². The zero-order valence-corrected chi connectivity index (χ0v) is 23.2. The number of nitrogens with zero attached hydrogens (tertiary/aromatic N) is 1. The van der Waals surface area contributed by atoms with Crippen LogP contribution in [0.5, 0.6) is 5.75 Å². The Kier molecular flexibility index (Phi) is 5.37. The molecule has 6 heteroatoms. The van der Waals surface area contributed by atoms with Gasteiger partial charge in [-0.25, -0.2) is 12.8 Å². The van der Waals surface area contributed by atoms with E-state index >= 15 is 0 Å². The summed E-state index contributed by atoms with van der Waals surface area (Å²) in [6.45, 7) is 3.93. The number of rotatable bonds is 4. The molecule has 0 amide bonds. The fourth-order valence-electron chi connectivity index (χ4n) is 9.28. The molecule has 4 nitrogen and oxygen atoms in total. The molecule has 0 radical (unpaired) electrons. The van der Waals surface area contributed by atoms with Gasteiger partial charge in [0.2, 0.25) is 0 Å². The van der Waals surface area contributed by atoms with Crippen molar-refractivity contribution in [2.75, 3.05) is 26.2 Å². The van der Waals surface area contributed by atoms with Crippen molar-refractivity contribution >= 4 is 9.84 Å². The highest BCUT2D eigenvalue weighted by Gasteiger charge is 2.99. The maximum absolute atomic E-state index is 13.3. The van der Waals surface area contributed by atoms with Crippen molar-refractivity contribution in [3.63, 3.8) is 0 Å². The lowest BCUT2D eigenvalue weighted by Crippen LogP contribution is -2.33. The molecule has 5 fully saturated rings. The second kappa shape index (κ2) is 8.57. The average Bonchev–Trinajstić information content (AvgIpc) is 3.90. The van der Waals surface area contributed by atoms with Gasteiger partial charge in [0.25, 0.3) is 0 Å². The molecule has 4 aliphatic carbocycles. The Morgan fingerprint density at radius 3 is 2.49 bits per heavy atom. The minimum absolute atomic E-state index is 0.0602. The van der Waals surface area contributed by atoms with Crippen molar-refractivity contribution < 1.29 is 17.5 Å². The molecule has 2 aromatic carbocycles. The predicted octanol–water partition coefficient (Wildman–Crippen LogP) is 5.61. The summed E-state index contributed by atoms with van der Waals surface area (Å²) in [5.74, 6) is 10.2. The average molecular weight is 546 g/mol. The van der Waals surface area contributed by atoms with Gasteiger partial charge in [-0.1, -0.05) is 24.0 Å². The molecule has 2 heterocycles. The van der Waals surface area contributed by atoms with Crippen LogP contribution in [-0.4, -0.2) is 44.8 Å². The summed E-state index contributed by atoms with van der Waals surface area (Å²) in [5, 5.41) is -0.242. The quantitative estimate of drug-likeness (QED) is 0.370. The molecule has 2 aliphatic heterocycles. The third-order valence-electron chi connectivity index (χ3n) is 11.3. The maximum atomic E-state index is 13.3. The Labute approximate surface area is 231 Å². The van der Waals surface area contributed by atoms with Gasteiger partial charge in [-0.3, -0.25) is 4.90 Å². The molecule has 4 saturated carbocycles. The highest BCUT2D eigenvalue weighted by Crippen LogP contribution is 3.00. The van der Waals surface area contributed by atoms with Crippen molar-refractivity contribution in [3.05, 3.63) is 59.4 Å². The molecule has 0 bridgehead atoms. The first kappa shape index (κ1) is 24.4. The van der Waals surface area contributed by atoms with E-state index in [0.29, 0.717) is 29.1 Å². The second-order valence-electron chi connectivity index (χ2n) is 13.1. The molecule has 0 aromatic heterocycles. The lowest BCUT2D eigenvalue weighted by Gasteiger charge is -2.34. The number of ether oxygens (including phenoxy) is 1. The van der Waals surface area contributed by atoms with E-state index < -0.39 is 15.7 Å². The number of piperidine rings is 1. The Morgan fingerprint density at radius 2 is 1.74 bits per heavy atom. The molecular formula is C33H36FNO3S. The van der Waals surface area contributed by atoms with Gasteiger partial charge in [0, 0.05) is 17.9 Å². The predicted molar refractivity (Wildman–Crippen MR) is 148 cm³/mol. The number of sulfone groups is 1. The molecule has 0 N–H and O–H groups in total. The van der Waals surface area contributed by atoms with E-state index in [9.17, 15) is 12.8 Å². The molecule has 1 saturated heterocycles. The summed E-state index contributed by atoms with van der Waals surface area (Å²) in [6.07, 6.45) is 9.01. The summed E-state index contributed by atoms with van der Waals surface area (Å²) < 4.78 is 45.2. The van der Waals surface area contributed by atoms with Crippen LogP contribution in [0.25, 0.3) is 0 Å². The Balaban J connectivity index is 0.806. The van der Waals surface area contributed by atoms with Crippen molar-refractivity contribution in [2.45, 2.75) is 67.4 Å². The van der Waals surface area contributed by atoms with Crippen LogP contribution in [0, 0.1) is 46.2 Å². The second-order valence-corrected chi connectivity index (χ2v) is 15.2. The topological polar surface area (TPSA) is 46.6 Å². The van der Waals surface area contributed by atoms with E-state index in [2.05, 4.69) is 34.9 Å². The third-order valence-corrected chi connectivity index (χ3v) is 13.6. The van der Waals surface area contributed by atoms with Crippen LogP contribution in [0.15, 0.2) is 47.4 Å². The molecule has 2 spiro atoms. The lowest BCUT2D eigenvalue weighted by atomic mass is 9.71. The van der Waals surface area contributed by atoms with Gasteiger partial charge in [-0.05, 0) is 123 Å². The number of halogens is 1. The fraction of sp³-hybridized carbons (Fsp3) is 0.576. The van der Waals surface area contributed by atoms with E-state index in [1.165, 1.54) is 61.1 Å². The van der Waals surface area contributed by atoms with Gasteiger partial charge in [0.15, 0.2) is 9.84 Å². The van der Waals surface area contributed by atoms with E-state index in [-0.39, 0.29) is 15.6 Å². The number of likely N-dealkylation sites (tertiary alicyclic amines) is 1. The number of benzene rings is 2. The zero-order chi connectivity index (χ0) is 26.4. The van der Waals surface area contributed by atoms with Crippen LogP contribution in [0.3, 0.4) is 0 Å². The Morgan fingerprint density at radius 1 is 1.00 bits per heavy atom. The molecular weight excluding hydrogens is 509 g/mol. The first-order valence-corrected chi connectivity index (χ1v) is 16.4. The molecule has 3 unspecified atom stereocenters. The molecule has 2 aromatic rings. The number of hydrogen-bond acceptors (Lipinski definition) is 4. The van der Waals surface area contributed by atoms with E-state index in [1.807, 2.05) is 0 Å². The van der Waals surface area contributed by atoms with Gasteiger partial charge >= 0.3 is 0 Å². The van der Waals surface area contributed by atoms with Gasteiger partial charge in [-0.15, -0.1) is 0 Å². The minimum Gasteiger partial charge on any atom is -0.493 e. The van der Waals surface area contributed by atoms with E-state index in [4.69, 9.17) is 4.74 Å². The molecule has 6 aliphatic rings. The van der Waals surface area contributed by atoms with E-state index in [0.717, 1.165) is 57.7 Å². The lowest BCUT2D eigenvalue weighted by molar-refractivity contribution is 0.179. The Hall–Kier alpha value is -2.36. The largest absolute Gasteiger partial charge is 0.493 e. The van der Waals surface area contributed by atoms with Gasteiger partial charge in [0.1, 0.15) is 11.6 Å². The normalized spacial score (nSPS) is 36.5. The maximum Gasteiger partial charge on any atom is 0.181 e. The monoisotopic (exact) mass is 545 g/mol. The van der Waals surface area contributed by atoms with Crippen molar-refractivity contribution in [2.24, 2.45) is 28.6 Å². The molecule has 39 heavy (non-hydrogen) atoms. The fourth-order valence-corrected chi connectivity index (χ4v) is 11.5. The van der Waals surface area contributed by atoms with Crippen molar-refractivity contribution in [1.82, 2.24) is 4.90 Å². The number of hydrogen-bond donors (Lipinski definition) is 0. The summed E-state index contributed by atoms with van der Waals surface area (Å²) in [5.41, 5.74) is 3.43. The molecule has 8 rings (SSSR count). The molecule has 3 atom stereocenters. The van der Waals surface area contributed by atoms with Crippen LogP contribution >= 0.6 is 0 Å². The minimum atomic E-state index is -3.34. The van der Waals surface area contributed by atoms with E-state index in [1.54, 1.807) is 0 Å². The standard InChI is InChI=1S/C33H36FNO3S/c34-24-6-8-25(9-7-24)39(36,37)29-21-33(29)30-31(33)32(30)15-10-22(11-16-32)3-2-17-35-18-12-23(13-19-35)26-4-1-5-28-27(26)14-20-38-28/h1,4-9,22-23,29-31H,10-21H2. The van der Waals surface area contributed by atoms with Crippen LogP contribution in [0.2, 0.25) is 0 Å². The summed E-state index contributed by atoms with van der Waals surface area (Å²) in [7, 11) is -3.34. The van der Waals surface area contributed by atoms with Gasteiger partial charge in [0.05, 0.1) is 23.3 Å². The van der Waals surface area contributed by atoms with Gasteiger partial charge < -0.3 is 4.74 Å². The van der Waals surface area contributed by atoms with Crippen molar-refractivity contribution in [1.29, 1.82) is 0 Å². The molecule has 204 valence electrons. The third kappa shape index (κ3) is 3.68. The highest BCUT2D eigenvalue weighted by molar-refractivity contribution is 7.92. The SMILES string of the molecule is O=S(=O)(c1ccc(F)cc1)C1CC12C1C2C12CCC(C#CCN1CCC(c3cccc4c3CCO4)CC1)CC2. The van der Waals surface area contributed by atoms with Crippen LogP contribution in [-0.2, 0) is 16.3 Å². The number of fused-ring (bicyclic) bond motifs is 6. The summed E-state index contributed by atoms with van der Waals surface area (Å²) in [6, 6.07) is 11.9. The zero-order valence-electron chi connectivity index (χ0n) is 22.4. The van der Waals surface area contributed by atoms with Crippen LogP contribution in [0.4, 0.5) is 4.39 Å². The van der Waals surface area contributed by atoms with Crippen LogP contribution in [0.1, 0.15) is 62.0 Å². The first-order chi connectivity index (χ1) is 18.9. The summed E-state index contributed by atoms with van der Waals surface area (Å²) >= 11 is 0. The first-order valence-electron chi connectivity index (χ1n) is 14.9.